The molecule has 0 spiro atoms. The summed E-state index contributed by atoms with van der Waals surface area (Å²) in [5.41, 5.74) is 3.58. The standard InChI is InChI=1S/C23H23N3O5S/c1-13-5-3-6-14(9-13)12-31-22-17(26(28)29)10-15(11-19(22)30-2)21-20-16(24-23(32)25-21)7-4-8-18(20)27/h3,5-6,9-11,21H,4,7-8,12H2,1-2H3,(H2,24,25,32). The molecular weight excluding hydrogens is 430 g/mol. The number of methoxy groups -OCH3 is 1. The first-order valence-corrected chi connectivity index (χ1v) is 10.7. The van der Waals surface area contributed by atoms with Gasteiger partial charge in [-0.2, -0.15) is 0 Å². The third-order valence-corrected chi connectivity index (χ3v) is 5.78. The number of aryl methyl sites for hydroxylation is 1. The van der Waals surface area contributed by atoms with Gasteiger partial charge in [-0.3, -0.25) is 14.9 Å². The van der Waals surface area contributed by atoms with Gasteiger partial charge in [-0.25, -0.2) is 0 Å². The van der Waals surface area contributed by atoms with Crippen LogP contribution in [-0.4, -0.2) is 22.9 Å². The van der Waals surface area contributed by atoms with E-state index in [1.807, 2.05) is 31.2 Å². The molecule has 2 aromatic rings. The van der Waals surface area contributed by atoms with Crippen LogP contribution in [0.15, 0.2) is 47.7 Å². The molecule has 32 heavy (non-hydrogen) atoms. The van der Waals surface area contributed by atoms with Crippen molar-refractivity contribution in [1.29, 1.82) is 0 Å². The molecule has 0 bridgehead atoms. The van der Waals surface area contributed by atoms with Crippen LogP contribution >= 0.6 is 12.2 Å². The van der Waals surface area contributed by atoms with Gasteiger partial charge in [0.2, 0.25) is 5.75 Å². The van der Waals surface area contributed by atoms with Crippen molar-refractivity contribution < 1.29 is 19.2 Å². The van der Waals surface area contributed by atoms with Crippen molar-refractivity contribution in [3.63, 3.8) is 0 Å². The first kappa shape index (κ1) is 21.8. The van der Waals surface area contributed by atoms with Crippen LogP contribution in [-0.2, 0) is 11.4 Å². The van der Waals surface area contributed by atoms with Crippen molar-refractivity contribution in [2.45, 2.75) is 38.8 Å². The summed E-state index contributed by atoms with van der Waals surface area (Å²) in [7, 11) is 1.43. The zero-order valence-electron chi connectivity index (χ0n) is 17.8. The molecule has 1 atom stereocenters. The SMILES string of the molecule is COc1cc(C2NC(=S)NC3=C2C(=O)CCC3)cc([N+](=O)[O-])c1OCc1cccc(C)c1. The van der Waals surface area contributed by atoms with Gasteiger partial charge in [0.15, 0.2) is 16.6 Å². The summed E-state index contributed by atoms with van der Waals surface area (Å²) >= 11 is 5.31. The highest BCUT2D eigenvalue weighted by molar-refractivity contribution is 7.80. The van der Waals surface area contributed by atoms with Crippen LogP contribution in [0, 0.1) is 17.0 Å². The number of nitrogens with one attached hydrogen (secondary N) is 2. The maximum atomic E-state index is 12.7. The Kier molecular flexibility index (Phi) is 6.09. The summed E-state index contributed by atoms with van der Waals surface area (Å²) < 4.78 is 11.3. The first-order chi connectivity index (χ1) is 15.4. The number of carbonyl (C=O) groups excluding carboxylic acids is 1. The Labute approximate surface area is 190 Å². The number of hydrogen-bond acceptors (Lipinski definition) is 6. The second kappa shape index (κ2) is 8.96. The topological polar surface area (TPSA) is 103 Å². The lowest BCUT2D eigenvalue weighted by atomic mass is 9.85. The summed E-state index contributed by atoms with van der Waals surface area (Å²) in [6.07, 6.45) is 1.88. The molecule has 0 aromatic heterocycles. The third kappa shape index (κ3) is 4.29. The second-order valence-corrected chi connectivity index (χ2v) is 8.21. The van der Waals surface area contributed by atoms with Crippen molar-refractivity contribution in [2.24, 2.45) is 0 Å². The molecule has 1 heterocycles. The Hall–Kier alpha value is -3.46. The third-order valence-electron chi connectivity index (χ3n) is 5.56. The highest BCUT2D eigenvalue weighted by Gasteiger charge is 2.35. The number of ketones is 1. The molecule has 9 heteroatoms. The number of nitro groups is 1. The Morgan fingerprint density at radius 3 is 2.78 bits per heavy atom. The molecule has 2 aromatic carbocycles. The summed E-state index contributed by atoms with van der Waals surface area (Å²) in [5.74, 6) is 0.266. The van der Waals surface area contributed by atoms with Crippen molar-refractivity contribution >= 4 is 28.8 Å². The number of hydrogen-bond donors (Lipinski definition) is 2. The maximum Gasteiger partial charge on any atom is 0.315 e. The summed E-state index contributed by atoms with van der Waals surface area (Å²) in [6, 6.07) is 10.2. The van der Waals surface area contributed by atoms with E-state index in [-0.39, 0.29) is 29.6 Å². The Morgan fingerprint density at radius 1 is 1.25 bits per heavy atom. The van der Waals surface area contributed by atoms with E-state index in [4.69, 9.17) is 21.7 Å². The number of rotatable bonds is 6. The molecule has 1 aliphatic heterocycles. The van der Waals surface area contributed by atoms with Crippen LogP contribution in [0.3, 0.4) is 0 Å². The number of Topliss-reactive ketones (excluding diaryl/α,β-unsaturated/α-hetero) is 1. The van der Waals surface area contributed by atoms with Crippen LogP contribution in [0.2, 0.25) is 0 Å². The average molecular weight is 454 g/mol. The van der Waals surface area contributed by atoms with Crippen molar-refractivity contribution in [2.75, 3.05) is 7.11 Å². The predicted molar refractivity (Wildman–Crippen MR) is 123 cm³/mol. The molecule has 166 valence electrons. The minimum Gasteiger partial charge on any atom is -0.493 e. The smallest absolute Gasteiger partial charge is 0.315 e. The van der Waals surface area contributed by atoms with Crippen molar-refractivity contribution in [3.8, 4) is 11.5 Å². The van der Waals surface area contributed by atoms with Gasteiger partial charge in [-0.1, -0.05) is 29.8 Å². The summed E-state index contributed by atoms with van der Waals surface area (Å²) in [4.78, 5) is 24.1. The number of carbonyl (C=O) groups is 1. The molecule has 0 radical (unpaired) electrons. The highest BCUT2D eigenvalue weighted by Crippen LogP contribution is 2.43. The van der Waals surface area contributed by atoms with Gasteiger partial charge in [0, 0.05) is 23.8 Å². The first-order valence-electron chi connectivity index (χ1n) is 10.3. The molecule has 0 saturated carbocycles. The fourth-order valence-electron chi connectivity index (χ4n) is 4.12. The van der Waals surface area contributed by atoms with Crippen LogP contribution in [0.4, 0.5) is 5.69 Å². The molecule has 1 unspecified atom stereocenters. The van der Waals surface area contributed by atoms with Crippen LogP contribution in [0.1, 0.15) is 42.0 Å². The average Bonchev–Trinajstić information content (AvgIpc) is 2.76. The minimum absolute atomic E-state index is 0.000133. The molecule has 4 rings (SSSR count). The van der Waals surface area contributed by atoms with Gasteiger partial charge in [-0.15, -0.1) is 0 Å². The van der Waals surface area contributed by atoms with Gasteiger partial charge >= 0.3 is 5.69 Å². The number of nitrogens with zero attached hydrogens (tertiary/aromatic N) is 1. The lowest BCUT2D eigenvalue weighted by Crippen LogP contribution is -2.46. The highest BCUT2D eigenvalue weighted by atomic mass is 32.1. The van der Waals surface area contributed by atoms with E-state index in [0.717, 1.165) is 23.2 Å². The van der Waals surface area contributed by atoms with E-state index in [0.29, 0.717) is 29.1 Å². The van der Waals surface area contributed by atoms with Crippen LogP contribution in [0.5, 0.6) is 11.5 Å². The lowest BCUT2D eigenvalue weighted by Gasteiger charge is -2.33. The predicted octanol–water partition coefficient (Wildman–Crippen LogP) is 4.02. The monoisotopic (exact) mass is 453 g/mol. The fraction of sp³-hybridized carbons (Fsp3) is 0.304. The Bertz CT molecular complexity index is 1140. The summed E-state index contributed by atoms with van der Waals surface area (Å²) in [5, 5.41) is 18.5. The number of allylic oxidation sites excluding steroid dienone is 1. The maximum absolute atomic E-state index is 12.7. The van der Waals surface area contributed by atoms with E-state index >= 15 is 0 Å². The van der Waals surface area contributed by atoms with E-state index in [9.17, 15) is 14.9 Å². The molecular formula is C23H23N3O5S. The largest absolute Gasteiger partial charge is 0.493 e. The molecule has 0 amide bonds. The van der Waals surface area contributed by atoms with E-state index in [1.165, 1.54) is 13.2 Å². The normalized spacial score (nSPS) is 17.9. The van der Waals surface area contributed by atoms with Gasteiger partial charge in [-0.05, 0) is 49.2 Å². The number of thiocarbonyl (C=S) groups is 1. The minimum atomic E-state index is -0.593. The quantitative estimate of drug-likeness (QED) is 0.384. The van der Waals surface area contributed by atoms with Gasteiger partial charge in [0.05, 0.1) is 18.1 Å². The van der Waals surface area contributed by atoms with E-state index in [2.05, 4.69) is 10.6 Å². The van der Waals surface area contributed by atoms with Crippen molar-refractivity contribution in [3.05, 3.63) is 74.5 Å². The number of benzene rings is 2. The molecule has 0 saturated heterocycles. The van der Waals surface area contributed by atoms with Gasteiger partial charge in [0.25, 0.3) is 0 Å². The fourth-order valence-corrected chi connectivity index (χ4v) is 4.36. The van der Waals surface area contributed by atoms with E-state index in [1.54, 1.807) is 6.07 Å². The van der Waals surface area contributed by atoms with E-state index < -0.39 is 11.0 Å². The van der Waals surface area contributed by atoms with Crippen LogP contribution in [0.25, 0.3) is 0 Å². The molecule has 2 aliphatic rings. The van der Waals surface area contributed by atoms with Gasteiger partial charge < -0.3 is 20.1 Å². The number of nitro benzene ring substituents is 1. The molecule has 2 N–H and O–H groups in total. The van der Waals surface area contributed by atoms with Gasteiger partial charge in [0.1, 0.15) is 6.61 Å². The molecule has 8 nitrogen and oxygen atoms in total. The molecule has 1 aliphatic carbocycles. The Morgan fingerprint density at radius 2 is 2.06 bits per heavy atom. The van der Waals surface area contributed by atoms with Crippen LogP contribution < -0.4 is 20.1 Å². The molecule has 0 fully saturated rings. The lowest BCUT2D eigenvalue weighted by molar-refractivity contribution is -0.386. The zero-order valence-corrected chi connectivity index (χ0v) is 18.6. The second-order valence-electron chi connectivity index (χ2n) is 7.81. The zero-order chi connectivity index (χ0) is 22.8. The van der Waals surface area contributed by atoms with Crippen molar-refractivity contribution in [1.82, 2.24) is 10.6 Å². The number of ether oxygens (including phenoxy) is 2. The Balaban J connectivity index is 1.74. The summed E-state index contributed by atoms with van der Waals surface area (Å²) in [6.45, 7) is 2.12.